The van der Waals surface area contributed by atoms with Crippen molar-refractivity contribution in [3.05, 3.63) is 53.6 Å². The van der Waals surface area contributed by atoms with Gasteiger partial charge >= 0.3 is 0 Å². The quantitative estimate of drug-likeness (QED) is 0.344. The van der Waals surface area contributed by atoms with Gasteiger partial charge < -0.3 is 30.1 Å². The maximum absolute atomic E-state index is 14.6. The van der Waals surface area contributed by atoms with Gasteiger partial charge in [0.25, 0.3) is 0 Å². The summed E-state index contributed by atoms with van der Waals surface area (Å²) in [5.41, 5.74) is 1.11. The van der Waals surface area contributed by atoms with Gasteiger partial charge in [0.1, 0.15) is 17.4 Å². The maximum atomic E-state index is 14.6. The number of fused-ring (bicyclic) bond motifs is 1. The highest BCUT2D eigenvalue weighted by atomic mass is 16.5. The van der Waals surface area contributed by atoms with Gasteiger partial charge in [0, 0.05) is 11.4 Å². The Hall–Kier alpha value is -3.43. The lowest BCUT2D eigenvalue weighted by Crippen LogP contribution is -2.57. The molecule has 2 aromatic rings. The van der Waals surface area contributed by atoms with Gasteiger partial charge in [-0.05, 0) is 87.4 Å². The van der Waals surface area contributed by atoms with Crippen LogP contribution in [0.3, 0.4) is 0 Å². The van der Waals surface area contributed by atoms with Crippen LogP contribution < -0.4 is 15.4 Å². The topological polar surface area (TPSA) is 117 Å². The normalized spacial score (nSPS) is 28.9. The number of benzene rings is 2. The number of nitrogens with zero attached hydrogens (tertiary/aromatic N) is 1. The van der Waals surface area contributed by atoms with Gasteiger partial charge in [-0.1, -0.05) is 39.3 Å². The van der Waals surface area contributed by atoms with E-state index >= 15 is 0 Å². The SMILES string of the molecule is CCOc1ccc(NC(=O)[C@@H]2[C@H]3C(=O)N([C@@H](CO)[C@@H](C)CC)C(C(=O)Nc4cc(C)ccc4C)C34CC[C@@]2(CC)O4)cc1. The molecule has 0 aliphatic carbocycles. The highest BCUT2D eigenvalue weighted by Crippen LogP contribution is 2.65. The zero-order valence-electron chi connectivity index (χ0n) is 26.1. The molecule has 3 saturated heterocycles. The van der Waals surface area contributed by atoms with Crippen LogP contribution in [-0.4, -0.2) is 64.2 Å². The van der Waals surface area contributed by atoms with Crippen LogP contribution in [0.1, 0.15) is 64.5 Å². The van der Waals surface area contributed by atoms with Crippen molar-refractivity contribution in [1.29, 1.82) is 0 Å². The molecule has 9 nitrogen and oxygen atoms in total. The molecule has 3 aliphatic rings. The summed E-state index contributed by atoms with van der Waals surface area (Å²) >= 11 is 0. The van der Waals surface area contributed by atoms with Gasteiger partial charge in [-0.25, -0.2) is 0 Å². The molecule has 2 unspecified atom stereocenters. The van der Waals surface area contributed by atoms with E-state index in [0.29, 0.717) is 49.4 Å². The van der Waals surface area contributed by atoms with Gasteiger partial charge in [-0.3, -0.25) is 14.4 Å². The third-order valence-corrected chi connectivity index (χ3v) is 10.1. The number of aryl methyl sites for hydroxylation is 2. The van der Waals surface area contributed by atoms with E-state index in [0.717, 1.165) is 11.1 Å². The molecule has 3 amide bonds. The summed E-state index contributed by atoms with van der Waals surface area (Å²) in [5.74, 6) is -1.97. The minimum Gasteiger partial charge on any atom is -0.494 e. The van der Waals surface area contributed by atoms with Gasteiger partial charge in [-0.2, -0.15) is 0 Å². The van der Waals surface area contributed by atoms with Gasteiger partial charge in [0.15, 0.2) is 0 Å². The average Bonchev–Trinajstić information content (AvgIpc) is 3.60. The van der Waals surface area contributed by atoms with Crippen molar-refractivity contribution in [2.24, 2.45) is 17.8 Å². The second kappa shape index (κ2) is 11.9. The molecule has 232 valence electrons. The van der Waals surface area contributed by atoms with E-state index in [9.17, 15) is 19.5 Å². The molecule has 43 heavy (non-hydrogen) atoms. The van der Waals surface area contributed by atoms with Crippen LogP contribution in [0, 0.1) is 31.6 Å². The summed E-state index contributed by atoms with van der Waals surface area (Å²) in [6.45, 7) is 12.0. The number of carbonyl (C=O) groups excluding carboxylic acids is 3. The van der Waals surface area contributed by atoms with Crippen molar-refractivity contribution in [3.8, 4) is 5.75 Å². The van der Waals surface area contributed by atoms with Crippen molar-refractivity contribution in [1.82, 2.24) is 4.90 Å². The Morgan fingerprint density at radius 1 is 1.07 bits per heavy atom. The van der Waals surface area contributed by atoms with Gasteiger partial charge in [0.05, 0.1) is 36.7 Å². The number of rotatable bonds is 11. The molecule has 7 atom stereocenters. The molecular weight excluding hydrogens is 546 g/mol. The Morgan fingerprint density at radius 3 is 2.42 bits per heavy atom. The number of aliphatic hydroxyl groups excluding tert-OH is 1. The highest BCUT2D eigenvalue weighted by Gasteiger charge is 2.79. The predicted octanol–water partition coefficient (Wildman–Crippen LogP) is 4.84. The lowest BCUT2D eigenvalue weighted by Gasteiger charge is -2.39. The van der Waals surface area contributed by atoms with Gasteiger partial charge in [-0.15, -0.1) is 0 Å². The van der Waals surface area contributed by atoms with E-state index in [2.05, 4.69) is 10.6 Å². The molecule has 1 spiro atoms. The molecule has 0 saturated carbocycles. The monoisotopic (exact) mass is 591 g/mol. The number of anilines is 2. The third kappa shape index (κ3) is 5.10. The standard InChI is InChI=1S/C34H45N3O6/c1-7-21(5)26(19-38)37-29(31(40)36-25-18-20(4)10-11-22(25)6)34-17-16-33(8-2,43-34)27(28(34)32(37)41)30(39)35-23-12-14-24(15-13-23)42-9-3/h10-15,18,21,26-29,38H,7-9,16-17,19H2,1-6H3,(H,35,39)(H,36,40)/t21-,26-,27-,28-,29?,33+,34?/m0/s1. The number of carbonyl (C=O) groups is 3. The molecule has 3 aliphatic heterocycles. The third-order valence-electron chi connectivity index (χ3n) is 10.1. The fraction of sp³-hybridized carbons (Fsp3) is 0.559. The summed E-state index contributed by atoms with van der Waals surface area (Å²) in [6.07, 6.45) is 2.27. The fourth-order valence-electron chi connectivity index (χ4n) is 7.62. The zero-order chi connectivity index (χ0) is 31.1. The summed E-state index contributed by atoms with van der Waals surface area (Å²) in [5, 5.41) is 16.7. The van der Waals surface area contributed by atoms with Crippen LogP contribution in [0.5, 0.6) is 5.75 Å². The number of nitrogens with one attached hydrogen (secondary N) is 2. The highest BCUT2D eigenvalue weighted by molar-refractivity contribution is 6.05. The molecule has 3 fully saturated rings. The van der Waals surface area contributed by atoms with E-state index in [1.807, 2.05) is 59.7 Å². The average molecular weight is 592 g/mol. The van der Waals surface area contributed by atoms with E-state index in [1.165, 1.54) is 0 Å². The van der Waals surface area contributed by atoms with Crippen LogP contribution in [0.4, 0.5) is 11.4 Å². The van der Waals surface area contributed by atoms with E-state index in [4.69, 9.17) is 9.47 Å². The van der Waals surface area contributed by atoms with Crippen molar-refractivity contribution in [3.63, 3.8) is 0 Å². The van der Waals surface area contributed by atoms with Crippen molar-refractivity contribution < 1.29 is 29.0 Å². The predicted molar refractivity (Wildman–Crippen MR) is 165 cm³/mol. The van der Waals surface area contributed by atoms with Crippen LogP contribution >= 0.6 is 0 Å². The van der Waals surface area contributed by atoms with Crippen molar-refractivity contribution in [2.75, 3.05) is 23.8 Å². The molecule has 2 aromatic carbocycles. The van der Waals surface area contributed by atoms with Gasteiger partial charge in [0.2, 0.25) is 17.7 Å². The largest absolute Gasteiger partial charge is 0.494 e. The Balaban J connectivity index is 1.55. The number of likely N-dealkylation sites (tertiary alicyclic amines) is 1. The molecule has 2 bridgehead atoms. The maximum Gasteiger partial charge on any atom is 0.250 e. The Labute approximate surface area is 254 Å². The molecule has 5 rings (SSSR count). The number of amides is 3. The van der Waals surface area contributed by atoms with Crippen LogP contribution in [0.2, 0.25) is 0 Å². The van der Waals surface area contributed by atoms with E-state index < -0.39 is 35.1 Å². The Kier molecular flexibility index (Phi) is 8.60. The minimum atomic E-state index is -1.18. The first kappa shape index (κ1) is 31.0. The Morgan fingerprint density at radius 2 is 1.79 bits per heavy atom. The van der Waals surface area contributed by atoms with E-state index in [-0.39, 0.29) is 30.2 Å². The molecule has 3 heterocycles. The van der Waals surface area contributed by atoms with Crippen molar-refractivity contribution >= 4 is 29.1 Å². The van der Waals surface area contributed by atoms with E-state index in [1.54, 1.807) is 29.2 Å². The number of hydrogen-bond donors (Lipinski definition) is 3. The number of ether oxygens (including phenoxy) is 2. The molecule has 9 heteroatoms. The Bertz CT molecular complexity index is 1380. The van der Waals surface area contributed by atoms with Crippen LogP contribution in [0.25, 0.3) is 0 Å². The van der Waals surface area contributed by atoms with Crippen LogP contribution in [0.15, 0.2) is 42.5 Å². The molecule has 0 aromatic heterocycles. The summed E-state index contributed by atoms with van der Waals surface area (Å²) in [6, 6.07) is 11.4. The first-order valence-corrected chi connectivity index (χ1v) is 15.6. The zero-order valence-corrected chi connectivity index (χ0v) is 26.1. The molecule has 3 N–H and O–H groups in total. The molecular formula is C34H45N3O6. The first-order chi connectivity index (χ1) is 20.6. The minimum absolute atomic E-state index is 0.0753. The number of aliphatic hydroxyl groups is 1. The summed E-state index contributed by atoms with van der Waals surface area (Å²) in [4.78, 5) is 44.6. The second-order valence-electron chi connectivity index (χ2n) is 12.5. The van der Waals surface area contributed by atoms with Crippen molar-refractivity contribution in [2.45, 2.75) is 90.5 Å². The van der Waals surface area contributed by atoms with Crippen LogP contribution in [-0.2, 0) is 19.1 Å². The summed E-state index contributed by atoms with van der Waals surface area (Å²) in [7, 11) is 0. The first-order valence-electron chi connectivity index (χ1n) is 15.6. The fourth-order valence-corrected chi connectivity index (χ4v) is 7.62. The lowest BCUT2D eigenvalue weighted by molar-refractivity contribution is -0.149. The summed E-state index contributed by atoms with van der Waals surface area (Å²) < 4.78 is 12.4. The number of hydrogen-bond acceptors (Lipinski definition) is 6. The lowest BCUT2D eigenvalue weighted by atomic mass is 9.65. The second-order valence-corrected chi connectivity index (χ2v) is 12.5. The molecule has 0 radical (unpaired) electrons. The smallest absolute Gasteiger partial charge is 0.250 e.